The zero-order valence-corrected chi connectivity index (χ0v) is 14.1. The lowest BCUT2D eigenvalue weighted by Gasteiger charge is -2.06. The second kappa shape index (κ2) is 5.66. The first-order valence-electron chi connectivity index (χ1n) is 8.74. The Morgan fingerprint density at radius 2 is 2.00 bits per heavy atom. The predicted molar refractivity (Wildman–Crippen MR) is 101 cm³/mol. The quantitative estimate of drug-likeness (QED) is 0.754. The number of imidazole rings is 1. The highest BCUT2D eigenvalue weighted by atomic mass is 16.1. The van der Waals surface area contributed by atoms with Gasteiger partial charge in [-0.3, -0.25) is 9.56 Å². The van der Waals surface area contributed by atoms with E-state index < -0.39 is 0 Å². The van der Waals surface area contributed by atoms with E-state index in [9.17, 15) is 4.79 Å². The summed E-state index contributed by atoms with van der Waals surface area (Å²) in [5, 5.41) is 0. The molecule has 1 aromatic carbocycles. The maximum atomic E-state index is 12.4. The molecular weight excluding hydrogens is 328 g/mol. The Labute approximate surface area is 149 Å². The summed E-state index contributed by atoms with van der Waals surface area (Å²) < 4.78 is 1.60. The van der Waals surface area contributed by atoms with Crippen LogP contribution in [0.3, 0.4) is 0 Å². The Balaban J connectivity index is 1.59. The van der Waals surface area contributed by atoms with Crippen molar-refractivity contribution in [2.24, 2.45) is 10.9 Å². The zero-order valence-electron chi connectivity index (χ0n) is 14.1. The highest BCUT2D eigenvalue weighted by Gasteiger charge is 2.29. The second-order valence-corrected chi connectivity index (χ2v) is 6.82. The van der Waals surface area contributed by atoms with Crippen molar-refractivity contribution >= 4 is 28.3 Å². The minimum atomic E-state index is -0.239. The zero-order chi connectivity index (χ0) is 17.7. The molecular formula is C19H18N6O. The van der Waals surface area contributed by atoms with Gasteiger partial charge in [0.05, 0.1) is 13.1 Å². The number of nitrogens with two attached hydrogens (primary N) is 1. The van der Waals surface area contributed by atoms with Gasteiger partial charge in [-0.05, 0) is 24.5 Å². The summed E-state index contributed by atoms with van der Waals surface area (Å²) >= 11 is 0. The molecule has 0 unspecified atom stereocenters. The van der Waals surface area contributed by atoms with E-state index >= 15 is 0 Å². The first-order valence-corrected chi connectivity index (χ1v) is 8.74. The molecule has 0 saturated heterocycles. The average molecular weight is 346 g/mol. The van der Waals surface area contributed by atoms with Crippen LogP contribution in [0.4, 0.5) is 5.82 Å². The normalized spacial score (nSPS) is 16.8. The third-order valence-corrected chi connectivity index (χ3v) is 4.87. The first-order chi connectivity index (χ1) is 12.7. The molecule has 0 amide bonds. The van der Waals surface area contributed by atoms with Crippen LogP contribution in [-0.2, 0) is 6.54 Å². The predicted octanol–water partition coefficient (Wildman–Crippen LogP) is 2.00. The van der Waals surface area contributed by atoms with Gasteiger partial charge in [-0.2, -0.15) is 0 Å². The maximum Gasteiger partial charge on any atom is 0.328 e. The minimum absolute atomic E-state index is 0.239. The summed E-state index contributed by atoms with van der Waals surface area (Å²) in [6.07, 6.45) is 4.49. The van der Waals surface area contributed by atoms with Gasteiger partial charge in [-0.15, -0.1) is 0 Å². The topological polar surface area (TPSA) is 102 Å². The Bertz CT molecular complexity index is 1120. The number of aliphatic imine (C=N–C) groups is 1. The van der Waals surface area contributed by atoms with Gasteiger partial charge in [-0.25, -0.2) is 14.8 Å². The molecule has 0 atom stereocenters. The van der Waals surface area contributed by atoms with Crippen molar-refractivity contribution in [2.75, 3.05) is 12.3 Å². The summed E-state index contributed by atoms with van der Waals surface area (Å²) in [5.41, 5.74) is 10.00. The number of H-pyrrole nitrogens is 1. The van der Waals surface area contributed by atoms with Crippen LogP contribution in [0.15, 0.2) is 46.2 Å². The molecule has 1 saturated carbocycles. The lowest BCUT2D eigenvalue weighted by molar-refractivity contribution is 0.776. The van der Waals surface area contributed by atoms with E-state index in [-0.39, 0.29) is 11.5 Å². The summed E-state index contributed by atoms with van der Waals surface area (Å²) in [7, 11) is 0. The van der Waals surface area contributed by atoms with E-state index in [0.29, 0.717) is 36.0 Å². The van der Waals surface area contributed by atoms with Crippen LogP contribution in [0.1, 0.15) is 24.2 Å². The lowest BCUT2D eigenvalue weighted by atomic mass is 10.2. The van der Waals surface area contributed by atoms with Gasteiger partial charge in [0.25, 0.3) is 0 Å². The summed E-state index contributed by atoms with van der Waals surface area (Å²) in [6.45, 7) is 1.00. The molecule has 3 aromatic rings. The molecule has 5 rings (SSSR count). The number of hydrogen-bond donors (Lipinski definition) is 2. The molecule has 7 heteroatoms. The number of fused-ring (bicyclic) bond motifs is 1. The largest absolute Gasteiger partial charge is 0.382 e. The van der Waals surface area contributed by atoms with Crippen molar-refractivity contribution in [3.63, 3.8) is 0 Å². The number of benzene rings is 1. The SMILES string of the molecule is Nc1nc(C2=CC(C3CC3)=NC2)nc2c1[nH]c(=O)n2Cc1ccccc1. The third-order valence-electron chi connectivity index (χ3n) is 4.87. The lowest BCUT2D eigenvalue weighted by Crippen LogP contribution is -2.17. The standard InChI is InChI=1S/C19H18N6O/c20-16-15-18(25(19(26)22-15)10-11-4-2-1-3-5-11)24-17(23-16)13-8-14(21-9-13)12-6-7-12/h1-5,8,12H,6-7,9-10H2,(H,22,26)(H2,20,23,24). The van der Waals surface area contributed by atoms with Crippen molar-refractivity contribution in [1.29, 1.82) is 0 Å². The molecule has 26 heavy (non-hydrogen) atoms. The van der Waals surface area contributed by atoms with Crippen LogP contribution < -0.4 is 11.4 Å². The molecule has 0 radical (unpaired) electrons. The Morgan fingerprint density at radius 3 is 2.77 bits per heavy atom. The van der Waals surface area contributed by atoms with Crippen LogP contribution in [-0.4, -0.2) is 31.8 Å². The summed E-state index contributed by atoms with van der Waals surface area (Å²) in [5.74, 6) is 1.43. The van der Waals surface area contributed by atoms with E-state index in [1.165, 1.54) is 12.8 Å². The van der Waals surface area contributed by atoms with Crippen LogP contribution in [0.2, 0.25) is 0 Å². The Kier molecular flexibility index (Phi) is 3.28. The molecule has 7 nitrogen and oxygen atoms in total. The smallest absolute Gasteiger partial charge is 0.328 e. The van der Waals surface area contributed by atoms with Crippen molar-refractivity contribution < 1.29 is 0 Å². The Morgan fingerprint density at radius 1 is 1.19 bits per heavy atom. The number of anilines is 1. The molecule has 3 heterocycles. The van der Waals surface area contributed by atoms with Crippen molar-refractivity contribution in [2.45, 2.75) is 19.4 Å². The van der Waals surface area contributed by atoms with Gasteiger partial charge >= 0.3 is 5.69 Å². The van der Waals surface area contributed by atoms with E-state index in [4.69, 9.17) is 5.73 Å². The molecule has 1 aliphatic heterocycles. The fourth-order valence-electron chi connectivity index (χ4n) is 3.32. The van der Waals surface area contributed by atoms with Crippen LogP contribution in [0.25, 0.3) is 16.7 Å². The highest BCUT2D eigenvalue weighted by Crippen LogP contribution is 2.34. The van der Waals surface area contributed by atoms with E-state index in [1.807, 2.05) is 30.3 Å². The number of nitrogen functional groups attached to an aromatic ring is 1. The molecule has 3 N–H and O–H groups in total. The van der Waals surface area contributed by atoms with Crippen molar-refractivity contribution in [3.05, 3.63) is 58.3 Å². The summed E-state index contributed by atoms with van der Waals surface area (Å²) in [6, 6.07) is 9.80. The fraction of sp³-hybridized carbons (Fsp3) is 0.263. The number of rotatable bonds is 4. The van der Waals surface area contributed by atoms with E-state index in [2.05, 4.69) is 26.0 Å². The van der Waals surface area contributed by atoms with Crippen LogP contribution in [0.5, 0.6) is 0 Å². The molecule has 2 aliphatic rings. The molecule has 2 aromatic heterocycles. The fourth-order valence-corrected chi connectivity index (χ4v) is 3.32. The number of aromatic nitrogens is 4. The number of nitrogens with one attached hydrogen (secondary N) is 1. The van der Waals surface area contributed by atoms with Crippen molar-refractivity contribution in [1.82, 2.24) is 19.5 Å². The van der Waals surface area contributed by atoms with Gasteiger partial charge in [-0.1, -0.05) is 30.3 Å². The monoisotopic (exact) mass is 346 g/mol. The number of hydrogen-bond acceptors (Lipinski definition) is 5. The molecule has 0 spiro atoms. The number of aromatic amines is 1. The molecule has 1 fully saturated rings. The number of nitrogens with zero attached hydrogens (tertiary/aromatic N) is 4. The van der Waals surface area contributed by atoms with Gasteiger partial charge in [0.1, 0.15) is 5.52 Å². The van der Waals surface area contributed by atoms with Crippen LogP contribution in [0, 0.1) is 5.92 Å². The first kappa shape index (κ1) is 15.1. The molecule has 1 aliphatic carbocycles. The summed E-state index contributed by atoms with van der Waals surface area (Å²) in [4.78, 5) is 28.8. The number of allylic oxidation sites excluding steroid dienone is 1. The van der Waals surface area contributed by atoms with Gasteiger partial charge in [0, 0.05) is 17.2 Å². The van der Waals surface area contributed by atoms with E-state index in [1.54, 1.807) is 4.57 Å². The van der Waals surface area contributed by atoms with Gasteiger partial charge < -0.3 is 10.7 Å². The highest BCUT2D eigenvalue weighted by molar-refractivity contribution is 6.06. The second-order valence-electron chi connectivity index (χ2n) is 6.82. The van der Waals surface area contributed by atoms with Crippen LogP contribution >= 0.6 is 0 Å². The molecule has 130 valence electrons. The average Bonchev–Trinajstić information content (AvgIpc) is 3.30. The Hall–Kier alpha value is -3.22. The maximum absolute atomic E-state index is 12.4. The minimum Gasteiger partial charge on any atom is -0.382 e. The van der Waals surface area contributed by atoms with Gasteiger partial charge in [0.15, 0.2) is 17.3 Å². The third kappa shape index (κ3) is 2.52. The van der Waals surface area contributed by atoms with Crippen molar-refractivity contribution in [3.8, 4) is 0 Å². The van der Waals surface area contributed by atoms with Gasteiger partial charge in [0.2, 0.25) is 0 Å². The van der Waals surface area contributed by atoms with E-state index in [0.717, 1.165) is 16.8 Å². The molecule has 0 bridgehead atoms.